The monoisotopic (exact) mass is 400 g/mol. The minimum atomic E-state index is -0.393. The average Bonchev–Trinajstić information content (AvgIpc) is 3.19. The Kier molecular flexibility index (Phi) is 6.41. The van der Waals surface area contributed by atoms with Gasteiger partial charge in [0, 0.05) is 23.4 Å². The van der Waals surface area contributed by atoms with Crippen LogP contribution in [0.2, 0.25) is 0 Å². The van der Waals surface area contributed by atoms with Gasteiger partial charge in [0.1, 0.15) is 0 Å². The van der Waals surface area contributed by atoms with E-state index < -0.39 is 6.03 Å². The van der Waals surface area contributed by atoms with Gasteiger partial charge in [-0.05, 0) is 25.3 Å². The molecular weight excluding hydrogens is 376 g/mol. The third-order valence-electron chi connectivity index (χ3n) is 4.53. The van der Waals surface area contributed by atoms with Crippen LogP contribution in [0.4, 0.5) is 9.93 Å². The van der Waals surface area contributed by atoms with Crippen molar-refractivity contribution >= 4 is 34.3 Å². The molecule has 0 atom stereocenters. The van der Waals surface area contributed by atoms with E-state index in [9.17, 15) is 14.4 Å². The van der Waals surface area contributed by atoms with E-state index in [1.54, 1.807) is 0 Å². The molecule has 1 fully saturated rings. The first-order valence-electron chi connectivity index (χ1n) is 9.42. The molecule has 2 N–H and O–H groups in total. The highest BCUT2D eigenvalue weighted by molar-refractivity contribution is 7.16. The molecule has 8 heteroatoms. The summed E-state index contributed by atoms with van der Waals surface area (Å²) in [5.41, 5.74) is 3.22. The zero-order chi connectivity index (χ0) is 20.1. The van der Waals surface area contributed by atoms with Crippen molar-refractivity contribution in [3.05, 3.63) is 34.7 Å². The Morgan fingerprint density at radius 2 is 2.04 bits per heavy atom. The standard InChI is InChI=1S/C20H24N4O3S/c1-3-5-14-7-9-15(10-8-14)18-13(2)28-19(23-18)22-16(25)6-4-11-24-17(26)12-21-20(24)27/h7-10H,3-6,11-12H2,1-2H3,(H,21,27)(H,22,23,25). The second kappa shape index (κ2) is 8.97. The fourth-order valence-electron chi connectivity index (χ4n) is 3.10. The van der Waals surface area contributed by atoms with Gasteiger partial charge < -0.3 is 10.6 Å². The molecule has 7 nitrogen and oxygen atoms in total. The molecule has 28 heavy (non-hydrogen) atoms. The molecule has 2 heterocycles. The number of amides is 4. The van der Waals surface area contributed by atoms with E-state index in [1.165, 1.54) is 16.9 Å². The molecule has 148 valence electrons. The van der Waals surface area contributed by atoms with E-state index in [4.69, 9.17) is 0 Å². The van der Waals surface area contributed by atoms with E-state index in [0.717, 1.165) is 33.9 Å². The molecule has 1 saturated heterocycles. The van der Waals surface area contributed by atoms with Crippen LogP contribution in [-0.2, 0) is 16.0 Å². The van der Waals surface area contributed by atoms with Gasteiger partial charge in [-0.25, -0.2) is 9.78 Å². The summed E-state index contributed by atoms with van der Waals surface area (Å²) in [6, 6.07) is 7.97. The quantitative estimate of drug-likeness (QED) is 0.665. The first-order chi connectivity index (χ1) is 13.5. The Morgan fingerprint density at radius 3 is 2.68 bits per heavy atom. The lowest BCUT2D eigenvalue weighted by Gasteiger charge is -2.11. The van der Waals surface area contributed by atoms with E-state index in [0.29, 0.717) is 11.6 Å². The van der Waals surface area contributed by atoms with Crippen LogP contribution in [0.25, 0.3) is 11.3 Å². The van der Waals surface area contributed by atoms with Gasteiger partial charge in [0.05, 0.1) is 12.2 Å². The predicted octanol–water partition coefficient (Wildman–Crippen LogP) is 3.34. The minimum absolute atomic E-state index is 0.0334. The van der Waals surface area contributed by atoms with E-state index in [-0.39, 0.29) is 31.3 Å². The van der Waals surface area contributed by atoms with Gasteiger partial charge in [0.2, 0.25) is 11.8 Å². The summed E-state index contributed by atoms with van der Waals surface area (Å²) in [5.74, 6) is -0.429. The second-order valence-electron chi connectivity index (χ2n) is 6.73. The Balaban J connectivity index is 1.54. The van der Waals surface area contributed by atoms with Crippen molar-refractivity contribution in [3.8, 4) is 11.3 Å². The lowest BCUT2D eigenvalue weighted by Crippen LogP contribution is -2.32. The fourth-order valence-corrected chi connectivity index (χ4v) is 3.95. The third-order valence-corrected chi connectivity index (χ3v) is 5.42. The maximum atomic E-state index is 12.2. The molecule has 0 aliphatic carbocycles. The van der Waals surface area contributed by atoms with Crippen LogP contribution in [0, 0.1) is 6.92 Å². The molecule has 3 rings (SSSR count). The minimum Gasteiger partial charge on any atom is -0.329 e. The first-order valence-corrected chi connectivity index (χ1v) is 10.2. The summed E-state index contributed by atoms with van der Waals surface area (Å²) < 4.78 is 0. The number of nitrogens with zero attached hydrogens (tertiary/aromatic N) is 2. The van der Waals surface area contributed by atoms with Gasteiger partial charge in [-0.3, -0.25) is 14.5 Å². The summed E-state index contributed by atoms with van der Waals surface area (Å²) in [7, 11) is 0. The number of anilines is 1. The molecule has 1 aliphatic heterocycles. The first kappa shape index (κ1) is 20.0. The van der Waals surface area contributed by atoms with Gasteiger partial charge in [-0.1, -0.05) is 37.6 Å². The molecule has 1 aromatic heterocycles. The van der Waals surface area contributed by atoms with E-state index in [2.05, 4.69) is 46.8 Å². The molecule has 0 radical (unpaired) electrons. The van der Waals surface area contributed by atoms with Crippen LogP contribution in [0.3, 0.4) is 0 Å². The molecule has 1 aliphatic rings. The van der Waals surface area contributed by atoms with Gasteiger partial charge >= 0.3 is 6.03 Å². The summed E-state index contributed by atoms with van der Waals surface area (Å²) in [6.07, 6.45) is 2.81. The van der Waals surface area contributed by atoms with Gasteiger partial charge in [0.15, 0.2) is 5.13 Å². The maximum absolute atomic E-state index is 12.2. The zero-order valence-electron chi connectivity index (χ0n) is 16.1. The number of thiazole rings is 1. The van der Waals surface area contributed by atoms with Gasteiger partial charge in [0.25, 0.3) is 0 Å². The predicted molar refractivity (Wildman–Crippen MR) is 109 cm³/mol. The number of benzene rings is 1. The molecular formula is C20H24N4O3S. The smallest absolute Gasteiger partial charge is 0.324 e. The number of hydrogen-bond acceptors (Lipinski definition) is 5. The number of hydrogen-bond donors (Lipinski definition) is 2. The largest absolute Gasteiger partial charge is 0.329 e. The molecule has 0 spiro atoms. The van der Waals surface area contributed by atoms with E-state index in [1.807, 2.05) is 6.92 Å². The van der Waals surface area contributed by atoms with Gasteiger partial charge in [-0.2, -0.15) is 0 Å². The number of rotatable bonds is 8. The fraction of sp³-hybridized carbons (Fsp3) is 0.400. The van der Waals surface area contributed by atoms with Crippen molar-refractivity contribution in [1.82, 2.24) is 15.2 Å². The Bertz CT molecular complexity index is 860. The molecule has 1 aromatic carbocycles. The lowest BCUT2D eigenvalue weighted by molar-refractivity contribution is -0.125. The Labute approximate surface area is 168 Å². The van der Waals surface area contributed by atoms with Crippen molar-refractivity contribution < 1.29 is 14.4 Å². The topological polar surface area (TPSA) is 91.4 Å². The highest BCUT2D eigenvalue weighted by Crippen LogP contribution is 2.30. The summed E-state index contributed by atoms with van der Waals surface area (Å²) >= 11 is 1.44. The van der Waals surface area contributed by atoms with Crippen LogP contribution >= 0.6 is 11.3 Å². The average molecular weight is 401 g/mol. The highest BCUT2D eigenvalue weighted by atomic mass is 32.1. The van der Waals surface area contributed by atoms with E-state index >= 15 is 0 Å². The van der Waals surface area contributed by atoms with Crippen LogP contribution in [0.5, 0.6) is 0 Å². The number of carbonyl (C=O) groups excluding carboxylic acids is 3. The summed E-state index contributed by atoms with van der Waals surface area (Å²) in [5, 5.41) is 5.84. The molecule has 0 bridgehead atoms. The molecule has 2 aromatic rings. The second-order valence-corrected chi connectivity index (χ2v) is 7.93. The van der Waals surface area contributed by atoms with Crippen molar-refractivity contribution in [2.45, 2.75) is 39.5 Å². The number of imide groups is 1. The number of nitrogens with one attached hydrogen (secondary N) is 2. The molecule has 0 saturated carbocycles. The summed E-state index contributed by atoms with van der Waals surface area (Å²) in [4.78, 5) is 41.9. The molecule has 4 amide bonds. The number of carbonyl (C=O) groups is 3. The Morgan fingerprint density at radius 1 is 1.29 bits per heavy atom. The van der Waals surface area contributed by atoms with Crippen molar-refractivity contribution in [3.63, 3.8) is 0 Å². The maximum Gasteiger partial charge on any atom is 0.324 e. The SMILES string of the molecule is CCCc1ccc(-c2nc(NC(=O)CCCN3C(=O)CNC3=O)sc2C)cc1. The van der Waals surface area contributed by atoms with Crippen LogP contribution in [-0.4, -0.2) is 40.8 Å². The zero-order valence-corrected chi connectivity index (χ0v) is 16.9. The van der Waals surface area contributed by atoms with Crippen LogP contribution in [0.1, 0.15) is 36.6 Å². The van der Waals surface area contributed by atoms with Crippen molar-refractivity contribution in [2.24, 2.45) is 0 Å². The number of aryl methyl sites for hydroxylation is 2. The van der Waals surface area contributed by atoms with Crippen molar-refractivity contribution in [1.29, 1.82) is 0 Å². The lowest BCUT2D eigenvalue weighted by atomic mass is 10.1. The van der Waals surface area contributed by atoms with Crippen LogP contribution in [0.15, 0.2) is 24.3 Å². The number of aromatic nitrogens is 1. The normalized spacial score (nSPS) is 13.7. The Hall–Kier alpha value is -2.74. The van der Waals surface area contributed by atoms with Gasteiger partial charge in [-0.15, -0.1) is 11.3 Å². The third kappa shape index (κ3) is 4.75. The van der Waals surface area contributed by atoms with Crippen LogP contribution < -0.4 is 10.6 Å². The summed E-state index contributed by atoms with van der Waals surface area (Å²) in [6.45, 7) is 4.42. The number of urea groups is 1. The van der Waals surface area contributed by atoms with Crippen molar-refractivity contribution in [2.75, 3.05) is 18.4 Å². The molecule has 0 unspecified atom stereocenters. The highest BCUT2D eigenvalue weighted by Gasteiger charge is 2.27.